The average molecular weight is 222 g/mol. The van der Waals surface area contributed by atoms with Gasteiger partial charge in [0.15, 0.2) is 0 Å². The minimum absolute atomic E-state index is 0.00176. The lowest BCUT2D eigenvalue weighted by molar-refractivity contribution is 0.242. The molecule has 0 amide bonds. The highest BCUT2D eigenvalue weighted by molar-refractivity contribution is 5.29. The van der Waals surface area contributed by atoms with Crippen LogP contribution in [-0.4, -0.2) is 12.6 Å². The molecule has 0 heterocycles. The lowest BCUT2D eigenvalue weighted by Gasteiger charge is -2.19. The van der Waals surface area contributed by atoms with Gasteiger partial charge in [-0.1, -0.05) is 19.1 Å². The highest BCUT2D eigenvalue weighted by Crippen LogP contribution is 2.21. The second-order valence-corrected chi connectivity index (χ2v) is 4.47. The van der Waals surface area contributed by atoms with Gasteiger partial charge in [0, 0.05) is 6.04 Å². The topological polar surface area (TPSA) is 61.3 Å². The minimum atomic E-state index is -0.00176. The molecule has 2 atom stereocenters. The van der Waals surface area contributed by atoms with Gasteiger partial charge >= 0.3 is 0 Å². The van der Waals surface area contributed by atoms with Gasteiger partial charge in [-0.3, -0.25) is 0 Å². The van der Waals surface area contributed by atoms with Crippen LogP contribution < -0.4 is 16.2 Å². The molecule has 1 aromatic carbocycles. The Morgan fingerprint density at radius 1 is 1.12 bits per heavy atom. The molecule has 0 radical (unpaired) electrons. The molecule has 0 saturated heterocycles. The predicted octanol–water partition coefficient (Wildman–Crippen LogP) is 2.07. The van der Waals surface area contributed by atoms with Gasteiger partial charge in [-0.05, 0) is 44.0 Å². The lowest BCUT2D eigenvalue weighted by atomic mass is 9.95. The summed E-state index contributed by atoms with van der Waals surface area (Å²) in [6.45, 7) is 6.68. The molecule has 4 N–H and O–H groups in total. The number of nitrogens with two attached hydrogens (primary N) is 2. The van der Waals surface area contributed by atoms with E-state index in [4.69, 9.17) is 16.2 Å². The molecule has 1 aromatic rings. The number of hydrogen-bond donors (Lipinski definition) is 2. The molecule has 0 aliphatic heterocycles. The maximum atomic E-state index is 6.08. The van der Waals surface area contributed by atoms with Crippen molar-refractivity contribution >= 4 is 0 Å². The molecule has 0 aliphatic rings. The maximum Gasteiger partial charge on any atom is 0.119 e. The van der Waals surface area contributed by atoms with Crippen molar-refractivity contribution in [3.8, 4) is 5.75 Å². The van der Waals surface area contributed by atoms with Crippen LogP contribution in [0, 0.1) is 5.92 Å². The monoisotopic (exact) mass is 222 g/mol. The summed E-state index contributed by atoms with van der Waals surface area (Å²) in [6, 6.07) is 7.93. The van der Waals surface area contributed by atoms with Crippen LogP contribution >= 0.6 is 0 Å². The molecule has 16 heavy (non-hydrogen) atoms. The summed E-state index contributed by atoms with van der Waals surface area (Å²) in [5, 5.41) is 0. The van der Waals surface area contributed by atoms with Gasteiger partial charge in [0.1, 0.15) is 5.75 Å². The van der Waals surface area contributed by atoms with E-state index >= 15 is 0 Å². The molecule has 0 aromatic heterocycles. The first-order valence-corrected chi connectivity index (χ1v) is 5.77. The van der Waals surface area contributed by atoms with Crippen LogP contribution in [0.25, 0.3) is 0 Å². The van der Waals surface area contributed by atoms with Gasteiger partial charge < -0.3 is 16.2 Å². The number of benzene rings is 1. The van der Waals surface area contributed by atoms with Crippen LogP contribution in [-0.2, 0) is 0 Å². The summed E-state index contributed by atoms with van der Waals surface area (Å²) in [4.78, 5) is 0. The quantitative estimate of drug-likeness (QED) is 0.801. The summed E-state index contributed by atoms with van der Waals surface area (Å²) in [7, 11) is 0. The zero-order valence-electron chi connectivity index (χ0n) is 10.3. The van der Waals surface area contributed by atoms with Crippen molar-refractivity contribution in [1.29, 1.82) is 0 Å². The fourth-order valence-electron chi connectivity index (χ4n) is 1.52. The predicted molar refractivity (Wildman–Crippen MR) is 67.4 cm³/mol. The Morgan fingerprint density at radius 2 is 1.69 bits per heavy atom. The molecule has 0 aliphatic carbocycles. The van der Waals surface area contributed by atoms with Crippen LogP contribution in [0.3, 0.4) is 0 Å². The Balaban J connectivity index is 2.70. The van der Waals surface area contributed by atoms with Gasteiger partial charge in [-0.15, -0.1) is 0 Å². The van der Waals surface area contributed by atoms with Crippen molar-refractivity contribution in [2.75, 3.05) is 6.54 Å². The third-order valence-electron chi connectivity index (χ3n) is 2.62. The number of hydrogen-bond acceptors (Lipinski definition) is 3. The third kappa shape index (κ3) is 3.51. The van der Waals surface area contributed by atoms with Crippen molar-refractivity contribution in [2.45, 2.75) is 32.9 Å². The molecule has 3 heteroatoms. The number of rotatable bonds is 5. The summed E-state index contributed by atoms with van der Waals surface area (Å²) < 4.78 is 5.57. The van der Waals surface area contributed by atoms with Crippen LogP contribution in [0.2, 0.25) is 0 Å². The second-order valence-electron chi connectivity index (χ2n) is 4.47. The van der Waals surface area contributed by atoms with E-state index in [0.717, 1.165) is 11.3 Å². The molecule has 1 rings (SSSR count). The van der Waals surface area contributed by atoms with E-state index in [1.54, 1.807) is 0 Å². The first-order valence-electron chi connectivity index (χ1n) is 5.77. The lowest BCUT2D eigenvalue weighted by Crippen LogP contribution is -2.25. The van der Waals surface area contributed by atoms with E-state index in [1.807, 2.05) is 38.1 Å². The smallest absolute Gasteiger partial charge is 0.119 e. The highest BCUT2D eigenvalue weighted by Gasteiger charge is 2.13. The standard InChI is InChI=1S/C13H22N2O/c1-9(2)16-12-6-4-11(5-7-12)13(15)10(3)8-14/h4-7,9-10,13H,8,14-15H2,1-3H3. The van der Waals surface area contributed by atoms with Gasteiger partial charge in [0.2, 0.25) is 0 Å². The Hall–Kier alpha value is -1.06. The molecule has 0 saturated carbocycles. The zero-order chi connectivity index (χ0) is 12.1. The fourth-order valence-corrected chi connectivity index (χ4v) is 1.52. The molecule has 3 nitrogen and oxygen atoms in total. The normalized spacial score (nSPS) is 14.9. The SMILES string of the molecule is CC(C)Oc1ccc(C(N)C(C)CN)cc1. The molecule has 0 fully saturated rings. The van der Waals surface area contributed by atoms with Crippen molar-refractivity contribution in [3.63, 3.8) is 0 Å². The number of ether oxygens (including phenoxy) is 1. The Kier molecular flexibility index (Phi) is 4.77. The molecular weight excluding hydrogens is 200 g/mol. The van der Waals surface area contributed by atoms with Gasteiger partial charge in [0.05, 0.1) is 6.10 Å². The van der Waals surface area contributed by atoms with Crippen molar-refractivity contribution in [1.82, 2.24) is 0 Å². The van der Waals surface area contributed by atoms with Crippen LogP contribution in [0.15, 0.2) is 24.3 Å². The minimum Gasteiger partial charge on any atom is -0.491 e. The van der Waals surface area contributed by atoms with E-state index in [2.05, 4.69) is 6.92 Å². The van der Waals surface area contributed by atoms with Gasteiger partial charge in [0.25, 0.3) is 0 Å². The zero-order valence-corrected chi connectivity index (χ0v) is 10.3. The van der Waals surface area contributed by atoms with Crippen molar-refractivity contribution < 1.29 is 4.74 Å². The van der Waals surface area contributed by atoms with Crippen molar-refractivity contribution in [2.24, 2.45) is 17.4 Å². The van der Waals surface area contributed by atoms with Crippen molar-refractivity contribution in [3.05, 3.63) is 29.8 Å². The third-order valence-corrected chi connectivity index (χ3v) is 2.62. The van der Waals surface area contributed by atoms with E-state index in [0.29, 0.717) is 6.54 Å². The van der Waals surface area contributed by atoms with Gasteiger partial charge in [-0.25, -0.2) is 0 Å². The molecular formula is C13H22N2O. The summed E-state index contributed by atoms with van der Waals surface area (Å²) in [5.41, 5.74) is 12.8. The average Bonchev–Trinajstić information content (AvgIpc) is 2.27. The van der Waals surface area contributed by atoms with E-state index < -0.39 is 0 Å². The summed E-state index contributed by atoms with van der Waals surface area (Å²) in [5.74, 6) is 1.17. The Bertz CT molecular complexity index is 308. The Morgan fingerprint density at radius 3 is 2.12 bits per heavy atom. The highest BCUT2D eigenvalue weighted by atomic mass is 16.5. The van der Waals surface area contributed by atoms with Crippen LogP contribution in [0.5, 0.6) is 5.75 Å². The van der Waals surface area contributed by atoms with E-state index in [-0.39, 0.29) is 18.1 Å². The summed E-state index contributed by atoms with van der Waals surface area (Å²) >= 11 is 0. The fraction of sp³-hybridized carbons (Fsp3) is 0.538. The molecule has 90 valence electrons. The largest absolute Gasteiger partial charge is 0.491 e. The maximum absolute atomic E-state index is 6.08. The van der Waals surface area contributed by atoms with E-state index in [9.17, 15) is 0 Å². The molecule has 0 bridgehead atoms. The molecule has 0 spiro atoms. The molecule has 2 unspecified atom stereocenters. The Labute approximate surface area is 97.8 Å². The first-order chi connectivity index (χ1) is 7.54. The summed E-state index contributed by atoms with van der Waals surface area (Å²) in [6.07, 6.45) is 0.197. The second kappa shape index (κ2) is 5.87. The first kappa shape index (κ1) is 13.0. The van der Waals surface area contributed by atoms with E-state index in [1.165, 1.54) is 0 Å². The van der Waals surface area contributed by atoms with Crippen LogP contribution in [0.1, 0.15) is 32.4 Å². The van der Waals surface area contributed by atoms with Gasteiger partial charge in [-0.2, -0.15) is 0 Å². The van der Waals surface area contributed by atoms with Crippen LogP contribution in [0.4, 0.5) is 0 Å².